The minimum absolute atomic E-state index is 0. The van der Waals surface area contributed by atoms with E-state index in [9.17, 15) is 5.11 Å². The minimum Gasteiger partial charge on any atom is -0.504 e. The Morgan fingerprint density at radius 2 is 1.81 bits per heavy atom. The molecule has 5 nitrogen and oxygen atoms in total. The van der Waals surface area contributed by atoms with E-state index in [-0.39, 0.29) is 14.0 Å². The van der Waals surface area contributed by atoms with Gasteiger partial charge < -0.3 is 19.3 Å². The highest BCUT2D eigenvalue weighted by Crippen LogP contribution is 2.41. The van der Waals surface area contributed by atoms with Crippen LogP contribution in [0.5, 0.6) is 23.0 Å². The van der Waals surface area contributed by atoms with Crippen LogP contribution in [0.3, 0.4) is 0 Å². The van der Waals surface area contributed by atoms with Crippen LogP contribution in [0, 0.1) is 0 Å². The van der Waals surface area contributed by atoms with Crippen LogP contribution in [-0.4, -0.2) is 19.0 Å². The van der Waals surface area contributed by atoms with Gasteiger partial charge >= 0.3 is 1.43 Å². The lowest BCUT2D eigenvalue weighted by Crippen LogP contribution is -2.33. The number of fused-ring (bicyclic) bond motifs is 6. The first-order valence-corrected chi connectivity index (χ1v) is 8.59. The van der Waals surface area contributed by atoms with Gasteiger partial charge in [0.25, 0.3) is 0 Å². The monoisotopic (exact) mass is 349 g/mol. The number of nitrogens with zero attached hydrogens (tertiary/aromatic N) is 1. The van der Waals surface area contributed by atoms with E-state index >= 15 is 0 Å². The molecule has 5 heteroatoms. The zero-order valence-electron chi connectivity index (χ0n) is 15.6. The van der Waals surface area contributed by atoms with Crippen LogP contribution in [0.25, 0.3) is 32.4 Å². The fourth-order valence-corrected chi connectivity index (χ4v) is 3.81. The second-order valence-corrected chi connectivity index (χ2v) is 6.38. The first-order chi connectivity index (χ1) is 12.7. The van der Waals surface area contributed by atoms with Gasteiger partial charge in [-0.15, -0.1) is 0 Å². The molecule has 3 aromatic carbocycles. The first kappa shape index (κ1) is 15.1. The van der Waals surface area contributed by atoms with E-state index in [0.29, 0.717) is 5.75 Å². The van der Waals surface area contributed by atoms with Gasteiger partial charge in [-0.1, -0.05) is 6.07 Å². The number of rotatable bonds is 2. The standard InChI is InChI=1S/C21H17NO4/c1-3-22-10-16-13(6-7-17(24-2)21(16)23)14-5-4-12-8-18-19(26-11-25-18)9-15(12)20(14)22/h4-10H,3,11H2,1-2H3/p+2. The molecule has 26 heavy (non-hydrogen) atoms. The van der Waals surface area contributed by atoms with Gasteiger partial charge in [0.05, 0.1) is 23.3 Å². The summed E-state index contributed by atoms with van der Waals surface area (Å²) in [6, 6.07) is 12.0. The Bertz CT molecular complexity index is 1210. The van der Waals surface area contributed by atoms with E-state index in [1.165, 1.54) is 0 Å². The van der Waals surface area contributed by atoms with Crippen LogP contribution in [-0.2, 0) is 6.54 Å². The quantitative estimate of drug-likeness (QED) is 0.439. The third-order valence-electron chi connectivity index (χ3n) is 5.09. The van der Waals surface area contributed by atoms with Crippen molar-refractivity contribution in [1.29, 1.82) is 0 Å². The summed E-state index contributed by atoms with van der Waals surface area (Å²) in [5.74, 6) is 2.19. The van der Waals surface area contributed by atoms with Gasteiger partial charge in [-0.25, -0.2) is 0 Å². The van der Waals surface area contributed by atoms with Crippen molar-refractivity contribution >= 4 is 32.4 Å². The van der Waals surface area contributed by atoms with Crippen molar-refractivity contribution in [2.24, 2.45) is 0 Å². The maximum absolute atomic E-state index is 10.6. The van der Waals surface area contributed by atoms with Crippen LogP contribution in [0.1, 0.15) is 8.35 Å². The normalized spacial score (nSPS) is 13.0. The summed E-state index contributed by atoms with van der Waals surface area (Å²) < 4.78 is 18.5. The number of hydrogen-bond donors (Lipinski definition) is 1. The molecule has 0 atom stereocenters. The Hall–Kier alpha value is -3.21. The Labute approximate surface area is 151 Å². The molecule has 4 aromatic rings. The highest BCUT2D eigenvalue weighted by atomic mass is 16.7. The molecule has 0 spiro atoms. The molecule has 1 N–H and O–H groups in total. The molecule has 0 aliphatic carbocycles. The topological polar surface area (TPSA) is 51.8 Å². The van der Waals surface area contributed by atoms with Crippen LogP contribution >= 0.6 is 0 Å². The average Bonchev–Trinajstić information content (AvgIpc) is 3.13. The van der Waals surface area contributed by atoms with Gasteiger partial charge in [-0.3, -0.25) is 0 Å². The van der Waals surface area contributed by atoms with Crippen molar-refractivity contribution in [3.63, 3.8) is 0 Å². The molecule has 2 heterocycles. The minimum atomic E-state index is 0. The summed E-state index contributed by atoms with van der Waals surface area (Å²) in [7, 11) is 1.56. The number of hydrogen-bond acceptors (Lipinski definition) is 4. The molecule has 1 aliphatic rings. The Kier molecular flexibility index (Phi) is 3.13. The summed E-state index contributed by atoms with van der Waals surface area (Å²) in [5.41, 5.74) is 1.11. The van der Waals surface area contributed by atoms with E-state index in [0.717, 1.165) is 50.5 Å². The SMILES string of the molecule is CC[n+]1cc2c(O)c(OC)ccc2c2ccc3cc4c(cc3c21)OCO4.[H+]. The van der Waals surface area contributed by atoms with Gasteiger partial charge in [0.1, 0.15) is 6.54 Å². The lowest BCUT2D eigenvalue weighted by atomic mass is 10.00. The number of benzene rings is 3. The summed E-state index contributed by atoms with van der Waals surface area (Å²) >= 11 is 0. The molecular weight excluding hydrogens is 330 g/mol. The molecule has 1 aromatic heterocycles. The zero-order chi connectivity index (χ0) is 17.8. The lowest BCUT2D eigenvalue weighted by molar-refractivity contribution is -0.665. The number of pyridine rings is 1. The maximum atomic E-state index is 10.6. The molecule has 1 aliphatic heterocycles. The second kappa shape index (κ2) is 5.39. The zero-order valence-corrected chi connectivity index (χ0v) is 14.6. The maximum Gasteiger partial charge on any atom is 1.00 e. The van der Waals surface area contributed by atoms with Crippen molar-refractivity contribution in [2.45, 2.75) is 13.5 Å². The Morgan fingerprint density at radius 1 is 1.04 bits per heavy atom. The van der Waals surface area contributed by atoms with Crippen LogP contribution in [0.4, 0.5) is 0 Å². The molecule has 0 bridgehead atoms. The molecule has 5 rings (SSSR count). The van der Waals surface area contributed by atoms with Crippen molar-refractivity contribution in [3.05, 3.63) is 42.6 Å². The number of aromatic hydroxyl groups is 1. The largest absolute Gasteiger partial charge is 1.00 e. The predicted molar refractivity (Wildman–Crippen MR) is 100 cm³/mol. The van der Waals surface area contributed by atoms with Crippen molar-refractivity contribution in [1.82, 2.24) is 0 Å². The molecule has 0 unspecified atom stereocenters. The highest BCUT2D eigenvalue weighted by molar-refractivity contribution is 6.15. The number of methoxy groups -OCH3 is 1. The molecule has 0 radical (unpaired) electrons. The first-order valence-electron chi connectivity index (χ1n) is 8.59. The number of aryl methyl sites for hydroxylation is 1. The van der Waals surface area contributed by atoms with Crippen LogP contribution in [0.15, 0.2) is 42.6 Å². The van der Waals surface area contributed by atoms with E-state index in [2.05, 4.69) is 23.6 Å². The van der Waals surface area contributed by atoms with Crippen LogP contribution in [0.2, 0.25) is 0 Å². The molecule has 0 saturated carbocycles. The second-order valence-electron chi connectivity index (χ2n) is 6.38. The lowest BCUT2D eigenvalue weighted by Gasteiger charge is -2.11. The average molecular weight is 349 g/mol. The molecule has 130 valence electrons. The number of aromatic nitrogens is 1. The molecule has 0 amide bonds. The molecule has 0 saturated heterocycles. The van der Waals surface area contributed by atoms with E-state index in [4.69, 9.17) is 14.2 Å². The predicted octanol–water partition coefficient (Wildman–Crippen LogP) is 4.01. The fourth-order valence-electron chi connectivity index (χ4n) is 3.81. The summed E-state index contributed by atoms with van der Waals surface area (Å²) in [6.07, 6.45) is 1.99. The van der Waals surface area contributed by atoms with Gasteiger partial charge in [-0.2, -0.15) is 4.57 Å². The molecule has 0 fully saturated rings. The Morgan fingerprint density at radius 3 is 2.58 bits per heavy atom. The van der Waals surface area contributed by atoms with Gasteiger partial charge in [0.15, 0.2) is 29.2 Å². The van der Waals surface area contributed by atoms with Crippen LogP contribution < -0.4 is 18.8 Å². The third kappa shape index (κ3) is 1.94. The number of ether oxygens (including phenoxy) is 3. The van der Waals surface area contributed by atoms with Gasteiger partial charge in [0.2, 0.25) is 12.3 Å². The highest BCUT2D eigenvalue weighted by Gasteiger charge is 2.22. The summed E-state index contributed by atoms with van der Waals surface area (Å²) in [6.45, 7) is 3.12. The van der Waals surface area contributed by atoms with Crippen molar-refractivity contribution in [2.75, 3.05) is 13.9 Å². The van der Waals surface area contributed by atoms with Gasteiger partial charge in [0, 0.05) is 5.39 Å². The third-order valence-corrected chi connectivity index (χ3v) is 5.09. The smallest absolute Gasteiger partial charge is 0.504 e. The van der Waals surface area contributed by atoms with Gasteiger partial charge in [-0.05, 0) is 42.6 Å². The fraction of sp³-hybridized carbons (Fsp3) is 0.190. The summed E-state index contributed by atoms with van der Waals surface area (Å²) in [4.78, 5) is 0. The van der Waals surface area contributed by atoms with Crippen molar-refractivity contribution in [3.8, 4) is 23.0 Å². The van der Waals surface area contributed by atoms with E-state index in [1.54, 1.807) is 13.2 Å². The van der Waals surface area contributed by atoms with Crippen molar-refractivity contribution < 1.29 is 25.3 Å². The number of phenolic OH excluding ortho intramolecular Hbond substituents is 1. The molecular formula is C21H19NO4+2. The van der Waals surface area contributed by atoms with E-state index in [1.807, 2.05) is 24.4 Å². The Balaban J connectivity index is 0.00000180. The number of phenols is 1. The van der Waals surface area contributed by atoms with E-state index < -0.39 is 0 Å². The summed E-state index contributed by atoms with van der Waals surface area (Å²) in [5, 5.41) is 15.6.